The Kier molecular flexibility index (Phi) is 15.3. The summed E-state index contributed by atoms with van der Waals surface area (Å²) in [6, 6.07) is 0. The number of ether oxygens (including phenoxy) is 10. The molecule has 0 aromatic rings. The van der Waals surface area contributed by atoms with Gasteiger partial charge in [0.1, 0.15) is 42.0 Å². The van der Waals surface area contributed by atoms with Crippen molar-refractivity contribution in [3.63, 3.8) is 0 Å². The molecule has 3 N–H and O–H groups in total. The fourth-order valence-electron chi connectivity index (χ4n) is 11.0. The van der Waals surface area contributed by atoms with Crippen molar-refractivity contribution in [2.24, 2.45) is 23.7 Å². The lowest BCUT2D eigenvalue weighted by molar-refractivity contribution is -0.340. The molecule has 6 heterocycles. The summed E-state index contributed by atoms with van der Waals surface area (Å²) in [6.07, 6.45) is 6.53. The molecule has 5 saturated heterocycles. The summed E-state index contributed by atoms with van der Waals surface area (Å²) in [6.45, 7) is 16.3. The number of hydrogen-bond donors (Lipinski definition) is 3. The van der Waals surface area contributed by atoms with E-state index in [1.165, 1.54) is 0 Å². The van der Waals surface area contributed by atoms with Crippen molar-refractivity contribution in [1.29, 1.82) is 0 Å². The topological polar surface area (TPSA) is 170 Å². The summed E-state index contributed by atoms with van der Waals surface area (Å²) in [7, 11) is 3.23. The summed E-state index contributed by atoms with van der Waals surface area (Å²) in [5.74, 6) is -2.10. The molecule has 2 bridgehead atoms. The molecule has 62 heavy (non-hydrogen) atoms. The molecular weight excluding hydrogens is 801 g/mol. The Morgan fingerprint density at radius 2 is 1.63 bits per heavy atom. The highest BCUT2D eigenvalue weighted by atomic mass is 16.7. The van der Waals surface area contributed by atoms with Gasteiger partial charge < -0.3 is 62.7 Å². The van der Waals surface area contributed by atoms with Crippen LogP contribution in [-0.4, -0.2) is 139 Å². The van der Waals surface area contributed by atoms with E-state index in [9.17, 15) is 20.1 Å². The maximum absolute atomic E-state index is 14.4. The van der Waals surface area contributed by atoms with Crippen LogP contribution < -0.4 is 0 Å². The number of aliphatic hydroxyl groups is 3. The highest BCUT2D eigenvalue weighted by molar-refractivity contribution is 5.78. The maximum Gasteiger partial charge on any atom is 0.316 e. The van der Waals surface area contributed by atoms with Gasteiger partial charge in [0.25, 0.3) is 0 Å². The molecule has 1 spiro atoms. The van der Waals surface area contributed by atoms with Crippen LogP contribution in [-0.2, 0) is 52.2 Å². The zero-order chi connectivity index (χ0) is 44.7. The molecule has 0 radical (unpaired) electrons. The van der Waals surface area contributed by atoms with Crippen molar-refractivity contribution >= 4 is 5.97 Å². The Bertz CT molecular complexity index is 1680. The number of carbonyl (C=O) groups is 1. The Balaban J connectivity index is 1.18. The van der Waals surface area contributed by atoms with Crippen LogP contribution in [0.25, 0.3) is 0 Å². The molecular formula is C48H74O14. The Hall–Kier alpha value is -2.05. The highest BCUT2D eigenvalue weighted by Gasteiger charge is 2.60. The van der Waals surface area contributed by atoms with Crippen LogP contribution in [0.4, 0.5) is 0 Å². The zero-order valence-electron chi connectivity index (χ0n) is 38.5. The molecule has 0 aromatic heterocycles. The van der Waals surface area contributed by atoms with Crippen LogP contribution in [0.3, 0.4) is 0 Å². The van der Waals surface area contributed by atoms with Gasteiger partial charge in [-0.15, -0.1) is 0 Å². The van der Waals surface area contributed by atoms with E-state index in [1.54, 1.807) is 40.2 Å². The predicted molar refractivity (Wildman–Crippen MR) is 227 cm³/mol. The first-order valence-corrected chi connectivity index (χ1v) is 23.2. The second-order valence-corrected chi connectivity index (χ2v) is 19.4. The van der Waals surface area contributed by atoms with E-state index >= 15 is 0 Å². The van der Waals surface area contributed by atoms with Gasteiger partial charge in [-0.25, -0.2) is 0 Å². The van der Waals surface area contributed by atoms with Crippen LogP contribution >= 0.6 is 0 Å². The first-order chi connectivity index (χ1) is 29.5. The van der Waals surface area contributed by atoms with Gasteiger partial charge in [0.15, 0.2) is 18.4 Å². The number of hydrogen-bond acceptors (Lipinski definition) is 14. The van der Waals surface area contributed by atoms with Gasteiger partial charge in [0.05, 0.1) is 49.3 Å². The van der Waals surface area contributed by atoms with E-state index in [2.05, 4.69) is 40.7 Å². The molecule has 6 aliphatic heterocycles. The number of allylic oxidation sites excluding steroid dienone is 2. The number of fused-ring (bicyclic) bond motifs is 2. The minimum atomic E-state index is -1.82. The normalized spacial score (nSPS) is 48.6. The van der Waals surface area contributed by atoms with Gasteiger partial charge in [-0.2, -0.15) is 0 Å². The summed E-state index contributed by atoms with van der Waals surface area (Å²) in [4.78, 5) is 14.4. The average molecular weight is 875 g/mol. The molecule has 20 atom stereocenters. The van der Waals surface area contributed by atoms with Crippen molar-refractivity contribution in [2.45, 2.75) is 204 Å². The minimum Gasteiger partial charge on any atom is -0.462 e. The standard InChI is InChI=1S/C48H74O14/c1-11-25(2)43-28(5)17-18-47(62-43)23-34-20-33(61-47)16-15-27(4)42(26(3)13-12-14-32-24-55-45-40(49)29(6)19-35(46(51)58-34)48(32,45)52)59-39-22-37(54-10)44(31(8)57-39)60-38-21-36(53-9)41(50)30(7)56-38/h12-15,19,25-26,28,30-31,33-45,49-50,52H,11,16-18,20-24H2,1-10H3/b13-12+,27-15+,32-14?/t25?,26-,28-,30-,31-,33+,34-,35-,36-,37-,38-,39-,40+,41-,42-,43+,44-,45+,47+,48+/m0/s1. The van der Waals surface area contributed by atoms with Crippen molar-refractivity contribution in [1.82, 2.24) is 0 Å². The van der Waals surface area contributed by atoms with Crippen LogP contribution in [0.1, 0.15) is 107 Å². The third kappa shape index (κ3) is 9.73. The molecule has 7 aliphatic rings. The third-order valence-corrected chi connectivity index (χ3v) is 14.9. The predicted octanol–water partition coefficient (Wildman–Crippen LogP) is 5.60. The fraction of sp³-hybridized carbons (Fsp3) is 0.812. The highest BCUT2D eigenvalue weighted by Crippen LogP contribution is 2.48. The lowest BCUT2D eigenvalue weighted by Gasteiger charge is -2.51. The molecule has 7 rings (SSSR count). The summed E-state index contributed by atoms with van der Waals surface area (Å²) >= 11 is 0. The Morgan fingerprint density at radius 1 is 0.919 bits per heavy atom. The van der Waals surface area contributed by atoms with E-state index < -0.39 is 90.8 Å². The second kappa shape index (κ2) is 19.8. The minimum absolute atomic E-state index is 0.00708. The van der Waals surface area contributed by atoms with E-state index in [4.69, 9.17) is 47.4 Å². The summed E-state index contributed by atoms with van der Waals surface area (Å²) in [5, 5.41) is 34.2. The third-order valence-electron chi connectivity index (χ3n) is 14.9. The Labute approximate surface area is 368 Å². The summed E-state index contributed by atoms with van der Waals surface area (Å²) in [5.41, 5.74) is 0.188. The smallest absolute Gasteiger partial charge is 0.316 e. The molecule has 0 aromatic carbocycles. The molecule has 1 unspecified atom stereocenters. The van der Waals surface area contributed by atoms with Gasteiger partial charge in [0.2, 0.25) is 0 Å². The Morgan fingerprint density at radius 3 is 2.35 bits per heavy atom. The summed E-state index contributed by atoms with van der Waals surface area (Å²) < 4.78 is 63.9. The maximum atomic E-state index is 14.4. The molecule has 1 aliphatic carbocycles. The van der Waals surface area contributed by atoms with Crippen molar-refractivity contribution in [3.05, 3.63) is 47.1 Å². The van der Waals surface area contributed by atoms with Gasteiger partial charge >= 0.3 is 5.97 Å². The number of methoxy groups -OCH3 is 2. The van der Waals surface area contributed by atoms with Crippen molar-refractivity contribution in [2.75, 3.05) is 20.8 Å². The van der Waals surface area contributed by atoms with E-state index in [-0.39, 0.29) is 30.8 Å². The quantitative estimate of drug-likeness (QED) is 0.204. The lowest BCUT2D eigenvalue weighted by Crippen LogP contribution is -2.58. The van der Waals surface area contributed by atoms with Crippen LogP contribution in [0.2, 0.25) is 0 Å². The molecule has 14 heteroatoms. The largest absolute Gasteiger partial charge is 0.462 e. The first kappa shape index (κ1) is 47.9. The first-order valence-electron chi connectivity index (χ1n) is 23.2. The van der Waals surface area contributed by atoms with E-state index in [1.807, 2.05) is 19.1 Å². The van der Waals surface area contributed by atoms with E-state index in [0.717, 1.165) is 18.4 Å². The second-order valence-electron chi connectivity index (χ2n) is 19.4. The zero-order valence-corrected chi connectivity index (χ0v) is 38.5. The lowest BCUT2D eigenvalue weighted by atomic mass is 9.71. The fourth-order valence-corrected chi connectivity index (χ4v) is 11.0. The van der Waals surface area contributed by atoms with Gasteiger partial charge in [0, 0.05) is 52.2 Å². The van der Waals surface area contributed by atoms with Crippen LogP contribution in [0, 0.1) is 23.7 Å². The van der Waals surface area contributed by atoms with Crippen LogP contribution in [0.15, 0.2) is 47.1 Å². The molecule has 350 valence electrons. The number of carbonyl (C=O) groups excluding carboxylic acids is 1. The van der Waals surface area contributed by atoms with Crippen molar-refractivity contribution < 1.29 is 67.5 Å². The van der Waals surface area contributed by atoms with E-state index in [0.29, 0.717) is 61.5 Å². The number of aliphatic hydroxyl groups excluding tert-OH is 2. The van der Waals surface area contributed by atoms with Crippen LogP contribution in [0.5, 0.6) is 0 Å². The van der Waals surface area contributed by atoms with Gasteiger partial charge in [-0.3, -0.25) is 4.79 Å². The van der Waals surface area contributed by atoms with Crippen molar-refractivity contribution in [3.8, 4) is 0 Å². The monoisotopic (exact) mass is 875 g/mol. The number of rotatable bonds is 8. The average Bonchev–Trinajstić information content (AvgIpc) is 3.58. The molecule has 14 nitrogen and oxygen atoms in total. The number of esters is 1. The SMILES string of the molecule is CCC(C)[C@H]1O[C@]2(CC[C@@H]1C)C[C@@H]1C[C@@H](C/C=C(\C)[C@@H](O[C@H]3C[C@H](OC)[C@@H](O[C@H]4C[C@H](OC)[C@@H](O)[C@H](C)O4)[C@H](C)O3)[C@@H](C)/C=C/C=C3CO[C@@H]4[C@H](O)C(C)=C[C@@H](C(=O)O1)[C@]34O)O2. The molecule has 5 fully saturated rings. The van der Waals surface area contributed by atoms with Gasteiger partial charge in [-0.1, -0.05) is 64.5 Å². The molecule has 0 saturated carbocycles. The van der Waals surface area contributed by atoms with Gasteiger partial charge in [-0.05, 0) is 69.1 Å². The molecule has 0 amide bonds.